The average molecular weight is 282 g/mol. The van der Waals surface area contributed by atoms with E-state index in [1.807, 2.05) is 0 Å². The van der Waals surface area contributed by atoms with E-state index in [2.05, 4.69) is 19.6 Å². The van der Waals surface area contributed by atoms with Crippen molar-refractivity contribution in [2.75, 3.05) is 0 Å². The quantitative estimate of drug-likeness (QED) is 0.349. The number of hydrogen-bond acceptors (Lipinski definition) is 3. The summed E-state index contributed by atoms with van der Waals surface area (Å²) in [6.45, 7) is 2.23. The molecule has 0 aliphatic heterocycles. The fourth-order valence-corrected chi connectivity index (χ4v) is 2.63. The van der Waals surface area contributed by atoms with Crippen LogP contribution in [0.5, 0.6) is 11.5 Å². The number of unbranched alkanes of at least 4 members (excludes halogenated alkanes) is 5. The predicted octanol–water partition coefficient (Wildman–Crippen LogP) is 4.69. The van der Waals surface area contributed by atoms with Crippen LogP contribution in [0.3, 0.4) is 0 Å². The lowest BCUT2D eigenvalue weighted by molar-refractivity contribution is 0.453. The molecule has 108 valence electrons. The Morgan fingerprint density at radius 1 is 1.05 bits per heavy atom. The number of phenolic OH excluding ortho intramolecular Hbond substituents is 2. The molecule has 2 nitrogen and oxygen atoms in total. The summed E-state index contributed by atoms with van der Waals surface area (Å²) in [5.74, 6) is 0.452. The van der Waals surface area contributed by atoms with Gasteiger partial charge in [-0.3, -0.25) is 0 Å². The van der Waals surface area contributed by atoms with Gasteiger partial charge in [0.1, 0.15) is 11.5 Å². The highest BCUT2D eigenvalue weighted by atomic mass is 32.1. The van der Waals surface area contributed by atoms with E-state index in [0.717, 1.165) is 12.0 Å². The lowest BCUT2D eigenvalue weighted by Gasteiger charge is -2.12. The Bertz CT molecular complexity index is 366. The molecule has 1 rings (SSSR count). The van der Waals surface area contributed by atoms with Gasteiger partial charge >= 0.3 is 0 Å². The minimum Gasteiger partial charge on any atom is -0.508 e. The van der Waals surface area contributed by atoms with E-state index in [1.54, 1.807) is 6.07 Å². The molecule has 0 aliphatic rings. The van der Waals surface area contributed by atoms with Crippen LogP contribution in [0, 0.1) is 0 Å². The fraction of sp³-hybridized carbons (Fsp3) is 0.625. The van der Waals surface area contributed by atoms with Crippen LogP contribution < -0.4 is 0 Å². The number of benzene rings is 1. The van der Waals surface area contributed by atoms with Crippen molar-refractivity contribution in [2.24, 2.45) is 0 Å². The van der Waals surface area contributed by atoms with Crippen LogP contribution in [0.25, 0.3) is 0 Å². The van der Waals surface area contributed by atoms with Crippen molar-refractivity contribution < 1.29 is 10.2 Å². The van der Waals surface area contributed by atoms with E-state index in [0.29, 0.717) is 6.42 Å². The van der Waals surface area contributed by atoms with E-state index in [-0.39, 0.29) is 16.7 Å². The van der Waals surface area contributed by atoms with Gasteiger partial charge in [-0.2, -0.15) is 12.6 Å². The Hall–Kier alpha value is -0.830. The first-order valence-electron chi connectivity index (χ1n) is 7.32. The van der Waals surface area contributed by atoms with Crippen molar-refractivity contribution in [3.8, 4) is 11.5 Å². The summed E-state index contributed by atoms with van der Waals surface area (Å²) in [4.78, 5) is 0. The summed E-state index contributed by atoms with van der Waals surface area (Å²) < 4.78 is 0. The molecule has 0 saturated carbocycles. The minimum absolute atomic E-state index is 0.202. The van der Waals surface area contributed by atoms with Gasteiger partial charge in [-0.05, 0) is 36.6 Å². The second-order valence-electron chi connectivity index (χ2n) is 5.23. The van der Waals surface area contributed by atoms with Gasteiger partial charge in [-0.15, -0.1) is 0 Å². The first-order chi connectivity index (χ1) is 9.13. The molecule has 1 aromatic rings. The Morgan fingerprint density at radius 3 is 2.47 bits per heavy atom. The summed E-state index contributed by atoms with van der Waals surface area (Å²) >= 11 is 4.57. The van der Waals surface area contributed by atoms with E-state index in [9.17, 15) is 10.2 Å². The van der Waals surface area contributed by atoms with E-state index in [1.165, 1.54) is 50.7 Å². The summed E-state index contributed by atoms with van der Waals surface area (Å²) in [5.41, 5.74) is 0.783. The highest BCUT2D eigenvalue weighted by molar-refractivity contribution is 7.80. The van der Waals surface area contributed by atoms with Gasteiger partial charge in [0.2, 0.25) is 0 Å². The van der Waals surface area contributed by atoms with Crippen molar-refractivity contribution in [1.82, 2.24) is 0 Å². The number of hydrogen-bond donors (Lipinski definition) is 3. The van der Waals surface area contributed by atoms with Crippen LogP contribution >= 0.6 is 12.6 Å². The molecule has 1 aromatic carbocycles. The van der Waals surface area contributed by atoms with Crippen molar-refractivity contribution in [3.63, 3.8) is 0 Å². The Labute approximate surface area is 122 Å². The van der Waals surface area contributed by atoms with Crippen molar-refractivity contribution in [1.29, 1.82) is 0 Å². The molecule has 0 heterocycles. The molecule has 1 unspecified atom stereocenters. The van der Waals surface area contributed by atoms with Crippen molar-refractivity contribution in [2.45, 2.75) is 63.5 Å². The van der Waals surface area contributed by atoms with E-state index < -0.39 is 0 Å². The van der Waals surface area contributed by atoms with Crippen molar-refractivity contribution in [3.05, 3.63) is 23.8 Å². The first-order valence-corrected chi connectivity index (χ1v) is 7.84. The zero-order valence-electron chi connectivity index (χ0n) is 11.8. The largest absolute Gasteiger partial charge is 0.508 e. The molecular formula is C16H26O2S. The molecule has 0 amide bonds. The number of rotatable bonds is 9. The van der Waals surface area contributed by atoms with Gasteiger partial charge in [-0.25, -0.2) is 0 Å². The van der Waals surface area contributed by atoms with Crippen LogP contribution in [0.1, 0.15) is 57.4 Å². The summed E-state index contributed by atoms with van der Waals surface area (Å²) in [5, 5.41) is 19.4. The molecular weight excluding hydrogens is 256 g/mol. The monoisotopic (exact) mass is 282 g/mol. The van der Waals surface area contributed by atoms with Crippen LogP contribution in [0.15, 0.2) is 18.2 Å². The third kappa shape index (κ3) is 6.76. The van der Waals surface area contributed by atoms with Gasteiger partial charge in [0.15, 0.2) is 0 Å². The normalized spacial score (nSPS) is 12.5. The predicted molar refractivity (Wildman–Crippen MR) is 84.2 cm³/mol. The molecule has 3 heteroatoms. The highest BCUT2D eigenvalue weighted by Gasteiger charge is 2.09. The summed E-state index contributed by atoms with van der Waals surface area (Å²) in [7, 11) is 0. The first kappa shape index (κ1) is 16.2. The zero-order valence-corrected chi connectivity index (χ0v) is 12.7. The fourth-order valence-electron chi connectivity index (χ4n) is 2.25. The lowest BCUT2D eigenvalue weighted by Crippen LogP contribution is -2.03. The average Bonchev–Trinajstić information content (AvgIpc) is 2.38. The minimum atomic E-state index is 0.202. The Kier molecular flexibility index (Phi) is 7.80. The van der Waals surface area contributed by atoms with Gasteiger partial charge < -0.3 is 10.2 Å². The lowest BCUT2D eigenvalue weighted by atomic mass is 10.0. The highest BCUT2D eigenvalue weighted by Crippen LogP contribution is 2.25. The van der Waals surface area contributed by atoms with Gasteiger partial charge in [0.05, 0.1) is 0 Å². The second-order valence-corrected chi connectivity index (χ2v) is 5.96. The molecule has 0 radical (unpaired) electrons. The SMILES string of the molecule is CCCCCCCCC(S)Cc1cc(O)ccc1O. The maximum atomic E-state index is 9.71. The van der Waals surface area contributed by atoms with Crippen LogP contribution in [0.2, 0.25) is 0 Å². The number of phenols is 2. The molecule has 0 saturated heterocycles. The number of aromatic hydroxyl groups is 2. The van der Waals surface area contributed by atoms with Crippen LogP contribution in [-0.2, 0) is 6.42 Å². The summed E-state index contributed by atoms with van der Waals surface area (Å²) in [6, 6.07) is 4.66. The smallest absolute Gasteiger partial charge is 0.119 e. The molecule has 1 atom stereocenters. The van der Waals surface area contributed by atoms with Crippen LogP contribution in [-0.4, -0.2) is 15.5 Å². The molecule has 0 aromatic heterocycles. The molecule has 0 spiro atoms. The molecule has 0 fully saturated rings. The van der Waals surface area contributed by atoms with E-state index in [4.69, 9.17) is 0 Å². The maximum Gasteiger partial charge on any atom is 0.119 e. The van der Waals surface area contributed by atoms with Gasteiger partial charge in [0.25, 0.3) is 0 Å². The van der Waals surface area contributed by atoms with Crippen LogP contribution in [0.4, 0.5) is 0 Å². The molecule has 0 aliphatic carbocycles. The van der Waals surface area contributed by atoms with E-state index >= 15 is 0 Å². The third-order valence-electron chi connectivity index (χ3n) is 3.41. The summed E-state index contributed by atoms with van der Waals surface area (Å²) in [6.07, 6.45) is 9.49. The standard InChI is InChI=1S/C16H26O2S/c1-2-3-4-5-6-7-8-15(19)12-13-11-14(17)9-10-16(13)18/h9-11,15,17-19H,2-8,12H2,1H3. The second kappa shape index (κ2) is 9.13. The third-order valence-corrected chi connectivity index (χ3v) is 3.85. The molecule has 19 heavy (non-hydrogen) atoms. The molecule has 0 bridgehead atoms. The molecule has 2 N–H and O–H groups in total. The Morgan fingerprint density at radius 2 is 1.74 bits per heavy atom. The Balaban J connectivity index is 2.23. The van der Waals surface area contributed by atoms with Gasteiger partial charge in [0, 0.05) is 5.25 Å². The zero-order chi connectivity index (χ0) is 14.1. The van der Waals surface area contributed by atoms with Crippen molar-refractivity contribution >= 4 is 12.6 Å². The topological polar surface area (TPSA) is 40.5 Å². The number of thiol groups is 1. The van der Waals surface area contributed by atoms with Gasteiger partial charge in [-0.1, -0.05) is 45.4 Å². The maximum absolute atomic E-state index is 9.71.